The molecular formula is C15H16N4O5. The number of imide groups is 1. The fourth-order valence-corrected chi connectivity index (χ4v) is 3.08. The van der Waals surface area contributed by atoms with Crippen LogP contribution in [0.15, 0.2) is 23.3 Å². The van der Waals surface area contributed by atoms with Crippen LogP contribution in [-0.2, 0) is 4.79 Å². The zero-order valence-corrected chi connectivity index (χ0v) is 12.8. The molecule has 1 saturated heterocycles. The monoisotopic (exact) mass is 332 g/mol. The standard InChI is InChI=1S/C15H16N4O5/c20-12-5-4-11(19(23)24)8-10(12)9-16-18-13(21)15(17-14(18)22)6-2-1-3-7-15/h4-5,8-9,20H,1-3,6-7H2,(H,17,22)/b16-9-. The van der Waals surface area contributed by atoms with Gasteiger partial charge in [0.25, 0.3) is 11.6 Å². The van der Waals surface area contributed by atoms with Crippen LogP contribution in [0.25, 0.3) is 0 Å². The number of carbonyl (C=O) groups is 2. The van der Waals surface area contributed by atoms with Crippen LogP contribution in [0.4, 0.5) is 10.5 Å². The number of nitro benzene ring substituents is 1. The molecule has 9 nitrogen and oxygen atoms in total. The molecule has 1 heterocycles. The first-order chi connectivity index (χ1) is 11.4. The van der Waals surface area contributed by atoms with Gasteiger partial charge in [0.05, 0.1) is 11.1 Å². The number of urea groups is 1. The van der Waals surface area contributed by atoms with Gasteiger partial charge in [-0.15, -0.1) is 5.01 Å². The maximum Gasteiger partial charge on any atom is 0.346 e. The molecule has 0 unspecified atom stereocenters. The van der Waals surface area contributed by atoms with Crippen molar-refractivity contribution >= 4 is 23.8 Å². The summed E-state index contributed by atoms with van der Waals surface area (Å²) in [5.41, 5.74) is -1.07. The van der Waals surface area contributed by atoms with Gasteiger partial charge in [0.15, 0.2) is 0 Å². The van der Waals surface area contributed by atoms with Crippen molar-refractivity contribution in [2.45, 2.75) is 37.6 Å². The van der Waals surface area contributed by atoms with Gasteiger partial charge in [0, 0.05) is 17.7 Å². The van der Waals surface area contributed by atoms with Gasteiger partial charge in [-0.05, 0) is 18.9 Å². The van der Waals surface area contributed by atoms with Crippen LogP contribution < -0.4 is 5.32 Å². The number of phenols is 1. The number of benzene rings is 1. The lowest BCUT2D eigenvalue weighted by atomic mass is 9.82. The van der Waals surface area contributed by atoms with E-state index in [9.17, 15) is 24.8 Å². The van der Waals surface area contributed by atoms with Crippen molar-refractivity contribution < 1.29 is 19.6 Å². The van der Waals surface area contributed by atoms with Gasteiger partial charge in [-0.1, -0.05) is 19.3 Å². The average Bonchev–Trinajstić information content (AvgIpc) is 2.78. The second-order valence-electron chi connectivity index (χ2n) is 5.93. The molecule has 1 spiro atoms. The fourth-order valence-electron chi connectivity index (χ4n) is 3.08. The lowest BCUT2D eigenvalue weighted by Crippen LogP contribution is -2.48. The van der Waals surface area contributed by atoms with E-state index in [-0.39, 0.29) is 17.0 Å². The highest BCUT2D eigenvalue weighted by Gasteiger charge is 2.51. The first-order valence-corrected chi connectivity index (χ1v) is 7.61. The fraction of sp³-hybridized carbons (Fsp3) is 0.400. The number of hydrazone groups is 1. The minimum absolute atomic E-state index is 0.0504. The molecule has 2 aliphatic rings. The van der Waals surface area contributed by atoms with Gasteiger partial charge < -0.3 is 10.4 Å². The lowest BCUT2D eigenvalue weighted by Gasteiger charge is -2.29. The number of phenolic OH excluding ortho intramolecular Hbond substituents is 1. The second kappa shape index (κ2) is 5.91. The molecule has 24 heavy (non-hydrogen) atoms. The van der Waals surface area contributed by atoms with Crippen molar-refractivity contribution in [3.05, 3.63) is 33.9 Å². The molecule has 0 aromatic heterocycles. The van der Waals surface area contributed by atoms with Gasteiger partial charge in [-0.2, -0.15) is 5.10 Å². The lowest BCUT2D eigenvalue weighted by molar-refractivity contribution is -0.384. The first kappa shape index (κ1) is 15.9. The Balaban J connectivity index is 1.84. The van der Waals surface area contributed by atoms with Crippen molar-refractivity contribution in [3.63, 3.8) is 0 Å². The Labute approximate surface area is 137 Å². The maximum absolute atomic E-state index is 12.5. The van der Waals surface area contributed by atoms with Crippen molar-refractivity contribution in [2.24, 2.45) is 5.10 Å². The Kier molecular flexibility index (Phi) is 3.92. The number of rotatable bonds is 3. The van der Waals surface area contributed by atoms with E-state index in [2.05, 4.69) is 10.4 Å². The summed E-state index contributed by atoms with van der Waals surface area (Å²) in [7, 11) is 0. The molecule has 1 aromatic rings. The van der Waals surface area contributed by atoms with Gasteiger partial charge in [0.1, 0.15) is 11.3 Å². The Morgan fingerprint density at radius 3 is 2.67 bits per heavy atom. The molecule has 3 rings (SSSR count). The third-order valence-electron chi connectivity index (χ3n) is 4.38. The topological polar surface area (TPSA) is 125 Å². The molecule has 0 bridgehead atoms. The number of hydrogen-bond acceptors (Lipinski definition) is 6. The van der Waals surface area contributed by atoms with Crippen LogP contribution in [0, 0.1) is 10.1 Å². The summed E-state index contributed by atoms with van der Waals surface area (Å²) < 4.78 is 0. The number of nitro groups is 1. The summed E-state index contributed by atoms with van der Waals surface area (Å²) in [6, 6.07) is 2.81. The summed E-state index contributed by atoms with van der Waals surface area (Å²) in [5.74, 6) is -0.655. The number of hydrogen-bond donors (Lipinski definition) is 2. The van der Waals surface area contributed by atoms with Crippen molar-refractivity contribution in [1.29, 1.82) is 0 Å². The summed E-state index contributed by atoms with van der Waals surface area (Å²) in [4.78, 5) is 34.8. The zero-order chi connectivity index (χ0) is 17.3. The number of nitrogens with zero attached hydrogens (tertiary/aromatic N) is 3. The molecule has 126 valence electrons. The second-order valence-corrected chi connectivity index (χ2v) is 5.93. The highest BCUT2D eigenvalue weighted by molar-refractivity contribution is 6.07. The SMILES string of the molecule is O=C1NC2(CCCCC2)C(=O)N1/N=C\c1cc([N+](=O)[O-])ccc1O. The molecular weight excluding hydrogens is 316 g/mol. The van der Waals surface area contributed by atoms with Gasteiger partial charge in [-0.3, -0.25) is 14.9 Å². The summed E-state index contributed by atoms with van der Waals surface area (Å²) in [6.07, 6.45) is 4.96. The van der Waals surface area contributed by atoms with Crippen molar-refractivity contribution in [2.75, 3.05) is 0 Å². The van der Waals surface area contributed by atoms with E-state index in [1.54, 1.807) is 0 Å². The van der Waals surface area contributed by atoms with Crippen LogP contribution in [0.1, 0.15) is 37.7 Å². The van der Waals surface area contributed by atoms with E-state index in [0.717, 1.165) is 48.7 Å². The highest BCUT2D eigenvalue weighted by Crippen LogP contribution is 2.33. The summed E-state index contributed by atoms with van der Waals surface area (Å²) in [6.45, 7) is 0. The Morgan fingerprint density at radius 2 is 2.00 bits per heavy atom. The zero-order valence-electron chi connectivity index (χ0n) is 12.8. The number of non-ortho nitro benzene ring substituents is 1. The minimum atomic E-state index is -0.891. The Hall–Kier alpha value is -2.97. The molecule has 0 radical (unpaired) electrons. The predicted molar refractivity (Wildman–Crippen MR) is 83.5 cm³/mol. The highest BCUT2D eigenvalue weighted by atomic mass is 16.6. The number of amides is 3. The molecule has 1 aliphatic heterocycles. The number of carbonyl (C=O) groups excluding carboxylic acids is 2. The number of aromatic hydroxyl groups is 1. The summed E-state index contributed by atoms with van der Waals surface area (Å²) in [5, 5.41) is 27.8. The smallest absolute Gasteiger partial charge is 0.346 e. The normalized spacial score (nSPS) is 19.9. The van der Waals surface area contributed by atoms with Gasteiger partial charge in [-0.25, -0.2) is 4.79 Å². The quantitative estimate of drug-likeness (QED) is 0.378. The maximum atomic E-state index is 12.5. The molecule has 3 amide bonds. The van der Waals surface area contributed by atoms with E-state index < -0.39 is 22.4 Å². The largest absolute Gasteiger partial charge is 0.507 e. The Bertz CT molecular complexity index is 739. The molecule has 0 atom stereocenters. The predicted octanol–water partition coefficient (Wildman–Crippen LogP) is 1.89. The van der Waals surface area contributed by atoms with E-state index in [4.69, 9.17) is 0 Å². The minimum Gasteiger partial charge on any atom is -0.507 e. The molecule has 1 saturated carbocycles. The molecule has 9 heteroatoms. The van der Waals surface area contributed by atoms with Crippen molar-refractivity contribution in [1.82, 2.24) is 10.3 Å². The van der Waals surface area contributed by atoms with Crippen LogP contribution in [-0.4, -0.2) is 38.7 Å². The summed E-state index contributed by atoms with van der Waals surface area (Å²) >= 11 is 0. The van der Waals surface area contributed by atoms with Gasteiger partial charge in [0.2, 0.25) is 0 Å². The molecule has 2 N–H and O–H groups in total. The number of nitrogens with one attached hydrogen (secondary N) is 1. The van der Waals surface area contributed by atoms with Crippen LogP contribution in [0.2, 0.25) is 0 Å². The van der Waals surface area contributed by atoms with E-state index >= 15 is 0 Å². The Morgan fingerprint density at radius 1 is 1.29 bits per heavy atom. The van der Waals surface area contributed by atoms with Crippen LogP contribution in [0.5, 0.6) is 5.75 Å². The third kappa shape index (κ3) is 2.68. The average molecular weight is 332 g/mol. The van der Waals surface area contributed by atoms with E-state index in [0.29, 0.717) is 12.8 Å². The molecule has 1 aliphatic carbocycles. The molecule has 2 fully saturated rings. The van der Waals surface area contributed by atoms with Gasteiger partial charge >= 0.3 is 6.03 Å². The van der Waals surface area contributed by atoms with Crippen LogP contribution in [0.3, 0.4) is 0 Å². The van der Waals surface area contributed by atoms with E-state index in [1.165, 1.54) is 0 Å². The third-order valence-corrected chi connectivity index (χ3v) is 4.38. The van der Waals surface area contributed by atoms with Crippen LogP contribution >= 0.6 is 0 Å². The van der Waals surface area contributed by atoms with E-state index in [1.807, 2.05) is 0 Å². The molecule has 1 aromatic carbocycles. The first-order valence-electron chi connectivity index (χ1n) is 7.61. The van der Waals surface area contributed by atoms with Crippen molar-refractivity contribution in [3.8, 4) is 5.75 Å².